The monoisotopic (exact) mass is 519 g/mol. The van der Waals surface area contributed by atoms with Crippen molar-refractivity contribution in [2.24, 2.45) is 0 Å². The van der Waals surface area contributed by atoms with Crippen LogP contribution >= 0.6 is 11.6 Å². The van der Waals surface area contributed by atoms with E-state index in [1.165, 1.54) is 59.8 Å². The number of hydrogen-bond donors (Lipinski definition) is 1. The van der Waals surface area contributed by atoms with Crippen LogP contribution in [0, 0.1) is 0 Å². The predicted molar refractivity (Wildman–Crippen MR) is 137 cm³/mol. The fourth-order valence-electron chi connectivity index (χ4n) is 3.38. The highest BCUT2D eigenvalue weighted by molar-refractivity contribution is 7.92. The molecule has 3 aromatic rings. The van der Waals surface area contributed by atoms with Crippen LogP contribution in [0.15, 0.2) is 53.4 Å². The summed E-state index contributed by atoms with van der Waals surface area (Å²) in [4.78, 5) is 0.0475. The maximum atomic E-state index is 13.1. The summed E-state index contributed by atoms with van der Waals surface area (Å²) in [6.45, 7) is 0. The summed E-state index contributed by atoms with van der Waals surface area (Å²) < 4.78 is 55.9. The lowest BCUT2D eigenvalue weighted by atomic mass is 10.1. The van der Waals surface area contributed by atoms with Gasteiger partial charge in [-0.2, -0.15) is 0 Å². The summed E-state index contributed by atoms with van der Waals surface area (Å²) in [5.74, 6) is 2.04. The molecular weight excluding hydrogens is 494 g/mol. The summed E-state index contributed by atoms with van der Waals surface area (Å²) in [5.41, 5.74) is 1.49. The lowest BCUT2D eigenvalue weighted by molar-refractivity contribution is 0.324. The van der Waals surface area contributed by atoms with E-state index in [1.54, 1.807) is 36.4 Å². The molecule has 0 fully saturated rings. The van der Waals surface area contributed by atoms with Crippen molar-refractivity contribution in [3.05, 3.63) is 64.7 Å². The maximum Gasteiger partial charge on any atom is 0.262 e. The Hall–Kier alpha value is -3.56. The van der Waals surface area contributed by atoms with Crippen molar-refractivity contribution >= 4 is 39.5 Å². The van der Waals surface area contributed by atoms with E-state index >= 15 is 0 Å². The molecule has 0 aromatic heterocycles. The van der Waals surface area contributed by atoms with Gasteiger partial charge in [-0.05, 0) is 54.1 Å². The van der Waals surface area contributed by atoms with Crippen molar-refractivity contribution < 1.29 is 32.1 Å². The number of halogens is 1. The minimum atomic E-state index is -3.96. The molecule has 186 valence electrons. The Morgan fingerprint density at radius 1 is 0.714 bits per heavy atom. The Morgan fingerprint density at radius 3 is 1.80 bits per heavy atom. The lowest BCUT2D eigenvalue weighted by Gasteiger charge is -2.17. The molecule has 8 nitrogen and oxygen atoms in total. The van der Waals surface area contributed by atoms with E-state index in [0.717, 1.165) is 5.56 Å². The van der Waals surface area contributed by atoms with E-state index in [9.17, 15) is 8.42 Å². The fourth-order valence-corrected chi connectivity index (χ4v) is 4.59. The Labute approximate surface area is 210 Å². The molecular formula is C25H26ClNO7S. The molecule has 10 heteroatoms. The van der Waals surface area contributed by atoms with Gasteiger partial charge in [-0.25, -0.2) is 8.42 Å². The molecule has 0 heterocycles. The van der Waals surface area contributed by atoms with E-state index in [0.29, 0.717) is 33.6 Å². The molecule has 3 aromatic carbocycles. The largest absolute Gasteiger partial charge is 0.493 e. The fraction of sp³-hybridized carbons (Fsp3) is 0.200. The van der Waals surface area contributed by atoms with Gasteiger partial charge in [0.25, 0.3) is 10.0 Å². The third-order valence-electron chi connectivity index (χ3n) is 5.08. The highest BCUT2D eigenvalue weighted by Gasteiger charge is 2.21. The van der Waals surface area contributed by atoms with E-state index in [2.05, 4.69) is 4.72 Å². The van der Waals surface area contributed by atoms with Gasteiger partial charge in [-0.15, -0.1) is 0 Å². The zero-order valence-corrected chi connectivity index (χ0v) is 21.5. The Morgan fingerprint density at radius 2 is 1.29 bits per heavy atom. The Bertz CT molecular complexity index is 1300. The Balaban J connectivity index is 2.10. The average Bonchev–Trinajstić information content (AvgIpc) is 2.86. The van der Waals surface area contributed by atoms with Crippen LogP contribution < -0.4 is 28.4 Å². The van der Waals surface area contributed by atoms with Gasteiger partial charge < -0.3 is 23.7 Å². The number of hydrogen-bond acceptors (Lipinski definition) is 7. The molecule has 0 aliphatic carbocycles. The van der Waals surface area contributed by atoms with Crippen LogP contribution in [0.25, 0.3) is 12.2 Å². The first-order valence-electron chi connectivity index (χ1n) is 10.3. The van der Waals surface area contributed by atoms with Crippen LogP contribution in [-0.4, -0.2) is 44.0 Å². The molecule has 0 aliphatic rings. The molecule has 0 spiro atoms. The van der Waals surface area contributed by atoms with Gasteiger partial charge in [0.15, 0.2) is 23.0 Å². The average molecular weight is 520 g/mol. The third-order valence-corrected chi connectivity index (χ3v) is 6.70. The van der Waals surface area contributed by atoms with E-state index in [-0.39, 0.29) is 16.3 Å². The van der Waals surface area contributed by atoms with Crippen molar-refractivity contribution in [1.29, 1.82) is 0 Å². The normalized spacial score (nSPS) is 11.3. The third kappa shape index (κ3) is 5.75. The number of sulfonamides is 1. The predicted octanol–water partition coefficient (Wildman–Crippen LogP) is 5.35. The standard InChI is InChI=1S/C25H26ClNO7S/c1-30-20-13-8-17(7-6-16-14-21(31-2)24(33-4)22(15-16)32-3)23(25(20)34-5)27-35(28,29)19-11-9-18(26)10-12-19/h6-15,27H,1-5H3/b7-6-. The molecule has 1 N–H and O–H groups in total. The van der Waals surface area contributed by atoms with Crippen LogP contribution in [0.1, 0.15) is 11.1 Å². The number of benzene rings is 3. The first-order chi connectivity index (χ1) is 16.8. The molecule has 0 radical (unpaired) electrons. The number of anilines is 1. The zero-order chi connectivity index (χ0) is 25.6. The van der Waals surface area contributed by atoms with Crippen molar-refractivity contribution in [2.75, 3.05) is 40.3 Å². The van der Waals surface area contributed by atoms with Crippen molar-refractivity contribution in [1.82, 2.24) is 0 Å². The minimum absolute atomic E-state index is 0.0475. The molecule has 0 atom stereocenters. The van der Waals surface area contributed by atoms with Gasteiger partial charge in [0.2, 0.25) is 5.75 Å². The van der Waals surface area contributed by atoms with Gasteiger partial charge in [0.1, 0.15) is 5.69 Å². The first kappa shape index (κ1) is 26.1. The van der Waals surface area contributed by atoms with E-state index < -0.39 is 10.0 Å². The summed E-state index contributed by atoms with van der Waals surface area (Å²) in [6.07, 6.45) is 3.52. The zero-order valence-electron chi connectivity index (χ0n) is 19.9. The molecule has 0 bridgehead atoms. The van der Waals surface area contributed by atoms with Gasteiger partial charge in [0, 0.05) is 10.6 Å². The van der Waals surface area contributed by atoms with Crippen LogP contribution in [0.4, 0.5) is 5.69 Å². The van der Waals surface area contributed by atoms with Gasteiger partial charge in [-0.3, -0.25) is 4.72 Å². The molecule has 35 heavy (non-hydrogen) atoms. The molecule has 0 saturated carbocycles. The quantitative estimate of drug-likeness (QED) is 0.361. The summed E-state index contributed by atoms with van der Waals surface area (Å²) in [6, 6.07) is 12.8. The second-order valence-electron chi connectivity index (χ2n) is 7.12. The first-order valence-corrected chi connectivity index (χ1v) is 12.2. The smallest absolute Gasteiger partial charge is 0.262 e. The molecule has 0 amide bonds. The van der Waals surface area contributed by atoms with E-state index in [1.807, 2.05) is 0 Å². The summed E-state index contributed by atoms with van der Waals surface area (Å²) in [5, 5.41) is 0.428. The molecule has 3 rings (SSSR count). The topological polar surface area (TPSA) is 92.3 Å². The van der Waals surface area contributed by atoms with Gasteiger partial charge >= 0.3 is 0 Å². The highest BCUT2D eigenvalue weighted by atomic mass is 35.5. The van der Waals surface area contributed by atoms with Crippen LogP contribution in [-0.2, 0) is 10.0 Å². The van der Waals surface area contributed by atoms with Crippen molar-refractivity contribution in [3.63, 3.8) is 0 Å². The molecule has 0 aliphatic heterocycles. The lowest BCUT2D eigenvalue weighted by Crippen LogP contribution is -2.14. The van der Waals surface area contributed by atoms with Crippen molar-refractivity contribution in [2.45, 2.75) is 4.90 Å². The van der Waals surface area contributed by atoms with Crippen LogP contribution in [0.3, 0.4) is 0 Å². The van der Waals surface area contributed by atoms with Gasteiger partial charge in [0.05, 0.1) is 40.4 Å². The summed E-state index contributed by atoms with van der Waals surface area (Å²) in [7, 11) is 3.54. The summed E-state index contributed by atoms with van der Waals surface area (Å²) >= 11 is 5.91. The van der Waals surface area contributed by atoms with E-state index in [4.69, 9.17) is 35.3 Å². The second-order valence-corrected chi connectivity index (χ2v) is 9.24. The van der Waals surface area contributed by atoms with Crippen molar-refractivity contribution in [3.8, 4) is 28.7 Å². The minimum Gasteiger partial charge on any atom is -0.493 e. The molecule has 0 unspecified atom stereocenters. The van der Waals surface area contributed by atoms with Crippen LogP contribution in [0.2, 0.25) is 5.02 Å². The maximum absolute atomic E-state index is 13.1. The van der Waals surface area contributed by atoms with Crippen LogP contribution in [0.5, 0.6) is 28.7 Å². The second kappa shape index (κ2) is 11.2. The highest BCUT2D eigenvalue weighted by Crippen LogP contribution is 2.41. The Kier molecular flexibility index (Phi) is 8.37. The van der Waals surface area contributed by atoms with Gasteiger partial charge in [-0.1, -0.05) is 23.8 Å². The SMILES string of the molecule is COc1cc(/C=C\c2ccc(OC)c(OC)c2NS(=O)(=O)c2ccc(Cl)cc2)cc(OC)c1OC. The number of ether oxygens (including phenoxy) is 5. The molecule has 0 saturated heterocycles. The number of nitrogens with one attached hydrogen (secondary N) is 1. The number of rotatable bonds is 10. The number of methoxy groups -OCH3 is 5.